The number of carboxylic acid groups (broad SMARTS) is 2. The number of halogens is 6. The molecule has 7 amide bonds. The van der Waals surface area contributed by atoms with E-state index in [1.54, 1.807) is 19.2 Å². The summed E-state index contributed by atoms with van der Waals surface area (Å²) in [6, 6.07) is 6.78. The van der Waals surface area contributed by atoms with E-state index >= 15 is 0 Å². The number of β-amino-alcohol motifs (C(OH)–C–C–N with tert-alkyl or cyclic N) is 1. The van der Waals surface area contributed by atoms with Crippen molar-refractivity contribution < 1.29 is 130 Å². The number of aromatic nitrogens is 2. The van der Waals surface area contributed by atoms with Crippen LogP contribution in [0.1, 0.15) is 94.0 Å². The molecule has 1 aromatic heterocycles. The fourth-order valence-electron chi connectivity index (χ4n) is 11.1. The lowest BCUT2D eigenvalue weighted by Crippen LogP contribution is -2.64. The molecule has 4 heterocycles. The Hall–Kier alpha value is -8.93. The van der Waals surface area contributed by atoms with E-state index < -0.39 is 171 Å². The minimum Gasteiger partial charge on any atom is -0.504 e. The fourth-order valence-corrected chi connectivity index (χ4v) is 11.9. The zero-order valence-corrected chi connectivity index (χ0v) is 58.3. The first-order valence-corrected chi connectivity index (χ1v) is 34.0. The number of amides is 7. The molecule has 3 fully saturated rings. The largest absolute Gasteiger partial charge is 0.504 e. The monoisotopic (exact) mass is 1520 g/mol. The first-order chi connectivity index (χ1) is 49.7. The number of rotatable bonds is 25. The lowest BCUT2D eigenvalue weighted by molar-refractivity contribution is -0.192. The number of ether oxygens (including phenoxy) is 3. The van der Waals surface area contributed by atoms with Crippen LogP contribution in [0.5, 0.6) is 17.2 Å². The van der Waals surface area contributed by atoms with Crippen LogP contribution in [-0.2, 0) is 49.5 Å². The molecule has 3 aliphatic rings. The number of phenolic OH excluding ortho intramolecular Hbond substituents is 1. The summed E-state index contributed by atoms with van der Waals surface area (Å²) in [6.45, 7) is -1.14. The van der Waals surface area contributed by atoms with Crippen LogP contribution in [0.4, 0.5) is 26.3 Å². The Morgan fingerprint density at radius 2 is 1.26 bits per heavy atom. The van der Waals surface area contributed by atoms with Crippen molar-refractivity contribution in [1.82, 2.24) is 46.6 Å². The Kier molecular flexibility index (Phi) is 37.2. The van der Waals surface area contributed by atoms with Crippen LogP contribution in [0.25, 0.3) is 21.1 Å². The van der Waals surface area contributed by atoms with Gasteiger partial charge in [-0.15, -0.1) is 10.2 Å². The van der Waals surface area contributed by atoms with Gasteiger partial charge in [-0.2, -0.15) is 26.3 Å². The zero-order chi connectivity index (χ0) is 78.3. The van der Waals surface area contributed by atoms with E-state index in [2.05, 4.69) is 36.8 Å². The van der Waals surface area contributed by atoms with Gasteiger partial charge in [-0.1, -0.05) is 62.1 Å². The molecule has 0 unspecified atom stereocenters. The van der Waals surface area contributed by atoms with Gasteiger partial charge in [0.1, 0.15) is 52.0 Å². The van der Waals surface area contributed by atoms with Gasteiger partial charge in [0.25, 0.3) is 12.4 Å². The van der Waals surface area contributed by atoms with E-state index in [1.807, 2.05) is 24.3 Å². The van der Waals surface area contributed by atoms with Crippen molar-refractivity contribution in [1.29, 1.82) is 0 Å². The van der Waals surface area contributed by atoms with E-state index in [-0.39, 0.29) is 61.8 Å². The number of hydrogen-bond donors (Lipinski definition) is 16. The minimum atomic E-state index is -5.08. The number of carbonyl (C=O) groups excluding carboxylic acids is 7. The summed E-state index contributed by atoms with van der Waals surface area (Å²) in [5.41, 5.74) is 13.1. The topological polar surface area (TPSA) is 508 Å². The van der Waals surface area contributed by atoms with E-state index in [0.29, 0.717) is 28.6 Å². The number of carboxylic acids is 1. The molecule has 39 heteroatoms. The van der Waals surface area contributed by atoms with Gasteiger partial charge < -0.3 is 108 Å². The number of carbonyl (C=O) groups is 9. The zero-order valence-electron chi connectivity index (χ0n) is 57.5. The summed E-state index contributed by atoms with van der Waals surface area (Å²) in [6.07, 6.45) is -9.96. The number of aromatic hydroxyl groups is 1. The van der Waals surface area contributed by atoms with Crippen LogP contribution in [0.2, 0.25) is 0 Å². The Labute approximate surface area is 602 Å². The predicted molar refractivity (Wildman–Crippen MR) is 361 cm³/mol. The van der Waals surface area contributed by atoms with Crippen molar-refractivity contribution >= 4 is 65.1 Å². The molecule has 7 rings (SSSR count). The predicted octanol–water partition coefficient (Wildman–Crippen LogP) is 0.481. The molecule has 32 nitrogen and oxygen atoms in total. The standard InChI is InChI=1S/C62H87N11O17S.C2HF3O2.CHF3.CH2O2/c1-34-32-73-52(53(34)80)58(85)65-31-40(75)29-43(66-54(81)37-12-14-38(15-13-37)59-70-71-60(91-59)39-16-18-42(19-17-39)89-25-9-7-5-4-6-8-24-88-3)55(82)67-49(35(2)74)61(86)72-33-41(76)30-44(72)56(83)68-50(57(84)69-51(62(73)87)46(78)21-23-64)47(79)27-36-11-20-45(77)48(28-36)90-26-10-22-63;3-2(4,5)1(6)7;2-1(3)4;2-1-3/h11-20,28,34-35,40-41,43-44,46-47,49-53,74-80H,4-10,21-27,29-33,63-64H2,1-3H3,(H,65,85)(H,66,81)(H,67,82)(H,68,83)(H,69,84);(H,6,7);1H;1H,(H,2,3)/t34-,35+,40+,41+,43-,44-,46+,47+,49-,50-,51-,52-,53-;;;/m0.../s1. The van der Waals surface area contributed by atoms with Gasteiger partial charge in [-0.25, -0.2) is 4.79 Å². The number of aliphatic hydroxyl groups is 6. The van der Waals surface area contributed by atoms with Crippen LogP contribution in [-0.4, -0.2) is 265 Å². The van der Waals surface area contributed by atoms with Crippen molar-refractivity contribution in [3.05, 3.63) is 77.9 Å². The molecule has 13 atom stereocenters. The molecule has 105 heavy (non-hydrogen) atoms. The number of nitrogens with two attached hydrogens (primary N) is 2. The Balaban J connectivity index is 0.00000152. The SMILES string of the molecule is COCCCCCCCCOc1ccc(-c2nnc(-c3ccc(C(=O)N[C@H]4C[C@@H](O)CNC(=O)[C@@H]5[C@@H](O)[C@@H](C)CN5C(=O)[C@H]([C@H](O)CCN)NC(=O)[C@H]([C@H](O)Cc5ccc(O)c(OCCCN)c5)NC(=O)[C@@H]5C[C@@H](O)CN5C(=O)[C@H]([C@@H](C)O)NC4=O)cc3)s2)cc1.FC(F)F.O=C(O)C(F)(F)F.O=CO. The number of unbranched alkanes of at least 4 members (excludes halogenated alkanes) is 5. The summed E-state index contributed by atoms with van der Waals surface area (Å²) in [7, 11) is 1.71. The molecular weight excluding hydrogens is 1430 g/mol. The highest BCUT2D eigenvalue weighted by Crippen LogP contribution is 2.33. The second-order valence-electron chi connectivity index (χ2n) is 24.5. The number of methoxy groups -OCH3 is 1. The number of aliphatic hydroxyl groups excluding tert-OH is 6. The molecule has 4 aromatic rings. The van der Waals surface area contributed by atoms with Gasteiger partial charge in [0, 0.05) is 75.2 Å². The second-order valence-corrected chi connectivity index (χ2v) is 25.5. The summed E-state index contributed by atoms with van der Waals surface area (Å²) >= 11 is 1.31. The van der Waals surface area contributed by atoms with Gasteiger partial charge in [-0.3, -0.25) is 38.4 Å². The fraction of sp³-hybridized carbons (Fsp3) is 0.561. The molecule has 584 valence electrons. The van der Waals surface area contributed by atoms with Crippen molar-refractivity contribution in [2.24, 2.45) is 17.4 Å². The van der Waals surface area contributed by atoms with E-state index in [9.17, 15) is 95.6 Å². The number of aliphatic carboxylic acids is 1. The van der Waals surface area contributed by atoms with Gasteiger partial charge in [0.15, 0.2) is 11.5 Å². The summed E-state index contributed by atoms with van der Waals surface area (Å²) < 4.78 is 77.4. The van der Waals surface area contributed by atoms with Crippen LogP contribution in [0.15, 0.2) is 66.7 Å². The van der Waals surface area contributed by atoms with E-state index in [1.165, 1.54) is 48.6 Å². The summed E-state index contributed by atoms with van der Waals surface area (Å²) in [5.74, 6) is -10.6. The van der Waals surface area contributed by atoms with Gasteiger partial charge in [-0.05, 0) is 99.8 Å². The normalized spacial score (nSPS) is 22.7. The third-order valence-corrected chi connectivity index (χ3v) is 17.5. The molecule has 0 aliphatic carbocycles. The molecule has 3 saturated heterocycles. The molecule has 0 radical (unpaired) electrons. The lowest BCUT2D eigenvalue weighted by atomic mass is 9.98. The third-order valence-electron chi connectivity index (χ3n) is 16.5. The highest BCUT2D eigenvalue weighted by atomic mass is 32.1. The van der Waals surface area contributed by atoms with Crippen LogP contribution in [0, 0.1) is 5.92 Å². The molecular formula is C66H91F6N11O21S. The van der Waals surface area contributed by atoms with Crippen LogP contribution >= 0.6 is 11.3 Å². The average molecular weight is 1520 g/mol. The van der Waals surface area contributed by atoms with Crippen LogP contribution in [0.3, 0.4) is 0 Å². The Morgan fingerprint density at radius 1 is 0.714 bits per heavy atom. The van der Waals surface area contributed by atoms with Gasteiger partial charge in [0.2, 0.25) is 35.4 Å². The number of hydrogen-bond acceptors (Lipinski definition) is 24. The Bertz CT molecular complexity index is 3420. The quantitative estimate of drug-likeness (QED) is 0.0244. The van der Waals surface area contributed by atoms with Gasteiger partial charge in [0.05, 0.1) is 49.8 Å². The van der Waals surface area contributed by atoms with E-state index in [4.69, 9.17) is 45.5 Å². The minimum absolute atomic E-state index is 0.00328. The Morgan fingerprint density at radius 3 is 1.82 bits per heavy atom. The maximum absolute atomic E-state index is 14.7. The van der Waals surface area contributed by atoms with E-state index in [0.717, 1.165) is 73.2 Å². The highest BCUT2D eigenvalue weighted by molar-refractivity contribution is 7.17. The maximum Gasteiger partial charge on any atom is 0.490 e. The molecule has 0 spiro atoms. The summed E-state index contributed by atoms with van der Waals surface area (Å²) in [5, 5.41) is 115. The smallest absolute Gasteiger partial charge is 0.490 e. The second kappa shape index (κ2) is 44.1. The maximum atomic E-state index is 14.7. The first kappa shape index (κ1) is 88.5. The van der Waals surface area contributed by atoms with Crippen molar-refractivity contribution in [2.75, 3.05) is 59.7 Å². The van der Waals surface area contributed by atoms with Crippen molar-refractivity contribution in [2.45, 2.75) is 170 Å². The van der Waals surface area contributed by atoms with Gasteiger partial charge >= 0.3 is 18.8 Å². The molecule has 0 saturated carbocycles. The molecule has 3 aliphatic heterocycles. The highest BCUT2D eigenvalue weighted by Gasteiger charge is 2.50. The number of nitrogens with zero attached hydrogens (tertiary/aromatic N) is 4. The number of fused-ring (bicyclic) bond motifs is 2. The molecule has 0 bridgehead atoms. The number of phenols is 1. The first-order valence-electron chi connectivity index (χ1n) is 33.2. The molecule has 18 N–H and O–H groups in total. The van der Waals surface area contributed by atoms with Crippen molar-refractivity contribution in [3.63, 3.8) is 0 Å². The third kappa shape index (κ3) is 28.1. The summed E-state index contributed by atoms with van der Waals surface area (Å²) in [4.78, 5) is 121. The molecule has 3 aromatic carbocycles. The number of nitrogens with one attached hydrogen (secondary N) is 5. The van der Waals surface area contributed by atoms with Crippen LogP contribution < -0.4 is 47.5 Å². The number of benzene rings is 3. The van der Waals surface area contributed by atoms with Crippen molar-refractivity contribution in [3.8, 4) is 38.4 Å². The number of alkyl halides is 6. The lowest BCUT2D eigenvalue weighted by Gasteiger charge is -2.34. The average Bonchev–Trinajstić information content (AvgIpc) is 1.67.